The van der Waals surface area contributed by atoms with E-state index in [1.807, 2.05) is 0 Å². The molecule has 0 spiro atoms. The number of carboxylic acids is 1. The lowest BCUT2D eigenvalue weighted by atomic mass is 10.1. The number of carboxylic acid groups (broad SMARTS) is 1. The molecule has 0 aliphatic carbocycles. The Kier molecular flexibility index (Phi) is 10.0. The van der Waals surface area contributed by atoms with Crippen LogP contribution in [0, 0.1) is 0 Å². The Morgan fingerprint density at radius 1 is 1.24 bits per heavy atom. The van der Waals surface area contributed by atoms with Crippen LogP contribution < -0.4 is 5.32 Å². The zero-order valence-electron chi connectivity index (χ0n) is 20.1. The number of carbonyl (C=O) groups is 4. The first kappa shape index (κ1) is 27.7. The summed E-state index contributed by atoms with van der Waals surface area (Å²) in [5.74, 6) is -2.29. The van der Waals surface area contributed by atoms with Crippen molar-refractivity contribution in [3.05, 3.63) is 34.2 Å². The number of aliphatic carboxylic acids is 1. The van der Waals surface area contributed by atoms with Gasteiger partial charge in [0.05, 0.1) is 12.2 Å². The Morgan fingerprint density at radius 2 is 2.00 bits per heavy atom. The van der Waals surface area contributed by atoms with Crippen molar-refractivity contribution in [1.82, 2.24) is 20.2 Å². The maximum atomic E-state index is 12.8. The lowest BCUT2D eigenvalue weighted by Gasteiger charge is -2.37. The molecule has 2 heterocycles. The smallest absolute Gasteiger partial charge is 0.328 e. The van der Waals surface area contributed by atoms with Gasteiger partial charge >= 0.3 is 18.4 Å². The van der Waals surface area contributed by atoms with Gasteiger partial charge in [-0.2, -0.15) is 0 Å². The maximum Gasteiger partial charge on any atom is 0.328 e. The monoisotopic (exact) mass is 519 g/mol. The number of hydrogen-bond donors (Lipinski definition) is 3. The number of ether oxygens (including phenoxy) is 1. The SMILES string of the molecule is [N-]=[N+]=Nc1ccc(C(=O)N2CCN(C(CCCOC(=O)C3CNCCN3OC=O)C(=O)O)CC2)c(O)c1. The summed E-state index contributed by atoms with van der Waals surface area (Å²) in [5.41, 5.74) is 8.73. The molecule has 37 heavy (non-hydrogen) atoms. The van der Waals surface area contributed by atoms with Gasteiger partial charge in [0.25, 0.3) is 5.91 Å². The first-order chi connectivity index (χ1) is 17.8. The highest BCUT2D eigenvalue weighted by atomic mass is 16.7. The average Bonchev–Trinajstić information content (AvgIpc) is 2.89. The number of rotatable bonds is 11. The molecule has 1 aromatic carbocycles. The number of nitrogens with one attached hydrogen (secondary N) is 1. The Balaban J connectivity index is 1.47. The van der Waals surface area contributed by atoms with Crippen molar-refractivity contribution in [2.24, 2.45) is 5.11 Å². The van der Waals surface area contributed by atoms with Gasteiger partial charge in [0.1, 0.15) is 11.8 Å². The van der Waals surface area contributed by atoms with E-state index >= 15 is 0 Å². The predicted molar refractivity (Wildman–Crippen MR) is 127 cm³/mol. The number of phenolic OH excluding ortho intramolecular Hbond substituents is 1. The van der Waals surface area contributed by atoms with Crippen LogP contribution in [0.15, 0.2) is 23.3 Å². The van der Waals surface area contributed by atoms with Crippen molar-refractivity contribution in [2.75, 3.05) is 52.4 Å². The van der Waals surface area contributed by atoms with Crippen LogP contribution in [0.25, 0.3) is 10.4 Å². The summed E-state index contributed by atoms with van der Waals surface area (Å²) in [6.45, 7) is 2.57. The quantitative estimate of drug-likeness (QED) is 0.0903. The predicted octanol–water partition coefficient (Wildman–Crippen LogP) is 0.230. The van der Waals surface area contributed by atoms with Crippen LogP contribution in [0.3, 0.4) is 0 Å². The molecule has 0 bridgehead atoms. The summed E-state index contributed by atoms with van der Waals surface area (Å²) in [5, 5.41) is 27.5. The summed E-state index contributed by atoms with van der Waals surface area (Å²) in [6, 6.07) is 2.42. The second-order valence-corrected chi connectivity index (χ2v) is 8.45. The Bertz CT molecular complexity index is 1040. The molecule has 2 atom stereocenters. The molecular weight excluding hydrogens is 490 g/mol. The average molecular weight is 520 g/mol. The van der Waals surface area contributed by atoms with E-state index in [9.17, 15) is 29.4 Å². The largest absolute Gasteiger partial charge is 0.507 e. The third kappa shape index (κ3) is 7.30. The standard InChI is InChI=1S/C22H29N7O8/c23-26-25-15-3-4-16(19(31)12-15)20(32)28-9-7-27(8-10-28)17(21(33)34)2-1-11-36-22(35)18-13-24-5-6-29(18)37-14-30/h3-4,12,14,17-18,24,31H,1-2,5-11,13H2,(H,33,34). The van der Waals surface area contributed by atoms with Gasteiger partial charge in [-0.1, -0.05) is 11.2 Å². The van der Waals surface area contributed by atoms with Gasteiger partial charge in [-0.3, -0.25) is 24.1 Å². The maximum absolute atomic E-state index is 12.8. The van der Waals surface area contributed by atoms with Crippen molar-refractivity contribution in [2.45, 2.75) is 24.9 Å². The molecule has 0 saturated carbocycles. The minimum atomic E-state index is -1.01. The molecule has 0 aromatic heterocycles. The molecule has 3 N–H and O–H groups in total. The van der Waals surface area contributed by atoms with Gasteiger partial charge in [-0.05, 0) is 30.5 Å². The molecular formula is C22H29N7O8. The van der Waals surface area contributed by atoms with Crippen LogP contribution in [0.5, 0.6) is 5.75 Å². The van der Waals surface area contributed by atoms with Gasteiger partial charge in [0, 0.05) is 56.4 Å². The fourth-order valence-corrected chi connectivity index (χ4v) is 4.30. The van der Waals surface area contributed by atoms with E-state index in [0.717, 1.165) is 0 Å². The van der Waals surface area contributed by atoms with E-state index in [2.05, 4.69) is 15.3 Å². The van der Waals surface area contributed by atoms with Gasteiger partial charge < -0.3 is 30.0 Å². The molecule has 0 radical (unpaired) electrons. The number of phenols is 1. The highest BCUT2D eigenvalue weighted by Gasteiger charge is 2.33. The topological polar surface area (TPSA) is 198 Å². The Morgan fingerprint density at radius 3 is 2.65 bits per heavy atom. The zero-order valence-corrected chi connectivity index (χ0v) is 20.1. The minimum Gasteiger partial charge on any atom is -0.507 e. The number of azide groups is 1. The number of benzene rings is 1. The summed E-state index contributed by atoms with van der Waals surface area (Å²) >= 11 is 0. The number of aromatic hydroxyl groups is 1. The normalized spacial score (nSPS) is 19.4. The molecule has 15 nitrogen and oxygen atoms in total. The number of carbonyl (C=O) groups excluding carboxylic acids is 3. The second-order valence-electron chi connectivity index (χ2n) is 8.45. The molecule has 3 rings (SSSR count). The molecule has 2 unspecified atom stereocenters. The van der Waals surface area contributed by atoms with Gasteiger partial charge in [0.15, 0.2) is 6.04 Å². The first-order valence-electron chi connectivity index (χ1n) is 11.7. The van der Waals surface area contributed by atoms with Crippen molar-refractivity contribution in [3.63, 3.8) is 0 Å². The van der Waals surface area contributed by atoms with Crippen molar-refractivity contribution >= 4 is 30.0 Å². The molecule has 1 amide bonds. The fourth-order valence-electron chi connectivity index (χ4n) is 4.30. The summed E-state index contributed by atoms with van der Waals surface area (Å²) in [6.07, 6.45) is 0.539. The van der Waals surface area contributed by atoms with Crippen LogP contribution >= 0.6 is 0 Å². The first-order valence-corrected chi connectivity index (χ1v) is 11.7. The zero-order chi connectivity index (χ0) is 26.8. The lowest BCUT2D eigenvalue weighted by molar-refractivity contribution is -0.199. The van der Waals surface area contributed by atoms with Crippen LogP contribution in [0.4, 0.5) is 5.69 Å². The lowest BCUT2D eigenvalue weighted by Crippen LogP contribution is -2.55. The second kappa shape index (κ2) is 13.4. The molecule has 2 saturated heterocycles. The Labute approximate surface area is 212 Å². The molecule has 2 fully saturated rings. The van der Waals surface area contributed by atoms with Crippen molar-refractivity contribution in [3.8, 4) is 5.75 Å². The minimum absolute atomic E-state index is 0.0115. The number of nitrogens with zero attached hydrogens (tertiary/aromatic N) is 6. The number of esters is 1. The molecule has 1 aromatic rings. The third-order valence-corrected chi connectivity index (χ3v) is 6.21. The van der Waals surface area contributed by atoms with Gasteiger partial charge in [-0.25, -0.2) is 0 Å². The molecule has 2 aliphatic rings. The highest BCUT2D eigenvalue weighted by molar-refractivity contribution is 5.97. The van der Waals surface area contributed by atoms with Gasteiger partial charge in [-0.15, -0.1) is 5.06 Å². The van der Waals surface area contributed by atoms with E-state index in [0.29, 0.717) is 32.6 Å². The molecule has 15 heteroatoms. The van der Waals surface area contributed by atoms with Gasteiger partial charge in [0.2, 0.25) is 0 Å². The van der Waals surface area contributed by atoms with Crippen LogP contribution in [0.1, 0.15) is 23.2 Å². The number of hydroxylamine groups is 2. The fraction of sp³-hybridized carbons (Fsp3) is 0.545. The number of hydrogen-bond acceptors (Lipinski definition) is 11. The third-order valence-electron chi connectivity index (χ3n) is 6.21. The van der Waals surface area contributed by atoms with E-state index in [4.69, 9.17) is 15.1 Å². The molecule has 2 aliphatic heterocycles. The van der Waals surface area contributed by atoms with E-state index in [1.54, 1.807) is 4.90 Å². The van der Waals surface area contributed by atoms with Crippen LogP contribution in [-0.2, 0) is 24.0 Å². The number of piperazine rings is 2. The Hall–Kier alpha value is -3.91. The van der Waals surface area contributed by atoms with Crippen molar-refractivity contribution < 1.29 is 39.0 Å². The van der Waals surface area contributed by atoms with E-state index in [1.165, 1.54) is 28.2 Å². The van der Waals surface area contributed by atoms with Crippen molar-refractivity contribution in [1.29, 1.82) is 0 Å². The van der Waals surface area contributed by atoms with E-state index < -0.39 is 29.9 Å². The summed E-state index contributed by atoms with van der Waals surface area (Å²) < 4.78 is 5.28. The van der Waals surface area contributed by atoms with Crippen LogP contribution in [-0.4, -0.2) is 114 Å². The van der Waals surface area contributed by atoms with E-state index in [-0.39, 0.29) is 56.1 Å². The summed E-state index contributed by atoms with van der Waals surface area (Å²) in [4.78, 5) is 58.4. The molecule has 200 valence electrons. The van der Waals surface area contributed by atoms with Crippen LogP contribution in [0.2, 0.25) is 0 Å². The summed E-state index contributed by atoms with van der Waals surface area (Å²) in [7, 11) is 0. The highest BCUT2D eigenvalue weighted by Crippen LogP contribution is 2.26. The number of amides is 1.